The van der Waals surface area contributed by atoms with Crippen molar-refractivity contribution in [3.8, 4) is 0 Å². The molecule has 0 saturated carbocycles. The molecule has 0 aliphatic carbocycles. The lowest BCUT2D eigenvalue weighted by Crippen LogP contribution is -2.43. The molecule has 1 amide bonds. The molecule has 0 N–H and O–H groups in total. The Labute approximate surface area is 113 Å². The van der Waals surface area contributed by atoms with Crippen LogP contribution in [0.2, 0.25) is 0 Å². The van der Waals surface area contributed by atoms with E-state index in [1.54, 1.807) is 18.9 Å². The maximum absolute atomic E-state index is 12.5. The zero-order chi connectivity index (χ0) is 13.0. The van der Waals surface area contributed by atoms with Crippen LogP contribution in [0, 0.1) is 0 Å². The molecule has 1 aliphatic heterocycles. The number of ether oxygens (including phenoxy) is 1. The van der Waals surface area contributed by atoms with Gasteiger partial charge in [0.15, 0.2) is 0 Å². The number of hydrogen-bond donors (Lipinski definition) is 0. The van der Waals surface area contributed by atoms with Gasteiger partial charge in [-0.3, -0.25) is 4.79 Å². The van der Waals surface area contributed by atoms with E-state index in [0.29, 0.717) is 6.54 Å². The fourth-order valence-electron chi connectivity index (χ4n) is 2.31. The number of methoxy groups -OCH3 is 1. The standard InChI is InChI=1S/C14H19NO2S/c1-17-11-6-5-9-15(10-11)14(16)12-7-3-4-8-13(12)18-2/h3-4,7-8,11H,5-6,9-10H2,1-2H3/t11-/m0/s1. The third-order valence-electron chi connectivity index (χ3n) is 3.34. The van der Waals surface area contributed by atoms with Crippen LogP contribution < -0.4 is 0 Å². The average molecular weight is 265 g/mol. The summed E-state index contributed by atoms with van der Waals surface area (Å²) in [5.41, 5.74) is 0.807. The molecule has 18 heavy (non-hydrogen) atoms. The van der Waals surface area contributed by atoms with E-state index in [1.807, 2.05) is 35.4 Å². The van der Waals surface area contributed by atoms with Gasteiger partial charge in [-0.25, -0.2) is 0 Å². The molecule has 1 atom stereocenters. The summed E-state index contributed by atoms with van der Waals surface area (Å²) in [5, 5.41) is 0. The molecule has 1 aromatic carbocycles. The summed E-state index contributed by atoms with van der Waals surface area (Å²) in [6.45, 7) is 1.54. The molecule has 0 bridgehead atoms. The third-order valence-corrected chi connectivity index (χ3v) is 4.13. The Morgan fingerprint density at radius 2 is 2.22 bits per heavy atom. The van der Waals surface area contributed by atoms with Gasteiger partial charge in [-0.1, -0.05) is 12.1 Å². The fraction of sp³-hybridized carbons (Fsp3) is 0.500. The van der Waals surface area contributed by atoms with Crippen molar-refractivity contribution in [1.29, 1.82) is 0 Å². The first-order valence-electron chi connectivity index (χ1n) is 6.21. The lowest BCUT2D eigenvalue weighted by Gasteiger charge is -2.32. The normalized spacial score (nSPS) is 19.9. The van der Waals surface area contributed by atoms with Gasteiger partial charge in [-0.05, 0) is 31.2 Å². The minimum atomic E-state index is 0.127. The Kier molecular flexibility index (Phi) is 4.66. The van der Waals surface area contributed by atoms with Crippen LogP contribution in [0.4, 0.5) is 0 Å². The quantitative estimate of drug-likeness (QED) is 0.787. The second-order valence-corrected chi connectivity index (χ2v) is 5.30. The van der Waals surface area contributed by atoms with E-state index in [-0.39, 0.29) is 12.0 Å². The van der Waals surface area contributed by atoms with E-state index < -0.39 is 0 Å². The molecule has 0 unspecified atom stereocenters. The zero-order valence-corrected chi connectivity index (χ0v) is 11.7. The van der Waals surface area contributed by atoms with Crippen molar-refractivity contribution in [3.05, 3.63) is 29.8 Å². The number of amides is 1. The highest BCUT2D eigenvalue weighted by Crippen LogP contribution is 2.23. The lowest BCUT2D eigenvalue weighted by molar-refractivity contribution is 0.0267. The molecular weight excluding hydrogens is 246 g/mol. The van der Waals surface area contributed by atoms with Crippen LogP contribution in [0.15, 0.2) is 29.2 Å². The van der Waals surface area contributed by atoms with Crippen molar-refractivity contribution in [2.24, 2.45) is 0 Å². The third kappa shape index (κ3) is 2.87. The number of hydrogen-bond acceptors (Lipinski definition) is 3. The van der Waals surface area contributed by atoms with Gasteiger partial charge in [-0.2, -0.15) is 0 Å². The summed E-state index contributed by atoms with van der Waals surface area (Å²) in [6.07, 6.45) is 4.25. The van der Waals surface area contributed by atoms with Gasteiger partial charge in [0.2, 0.25) is 0 Å². The van der Waals surface area contributed by atoms with Crippen LogP contribution in [0.3, 0.4) is 0 Å². The van der Waals surface area contributed by atoms with E-state index >= 15 is 0 Å². The van der Waals surface area contributed by atoms with Crippen LogP contribution in [0.1, 0.15) is 23.2 Å². The van der Waals surface area contributed by atoms with Crippen LogP contribution in [-0.4, -0.2) is 43.4 Å². The second kappa shape index (κ2) is 6.25. The first kappa shape index (κ1) is 13.4. The monoisotopic (exact) mass is 265 g/mol. The fourth-order valence-corrected chi connectivity index (χ4v) is 2.90. The molecule has 1 heterocycles. The maximum Gasteiger partial charge on any atom is 0.255 e. The van der Waals surface area contributed by atoms with Crippen LogP contribution in [0.25, 0.3) is 0 Å². The SMILES string of the molecule is CO[C@H]1CCCN(C(=O)c2ccccc2SC)C1. The van der Waals surface area contributed by atoms with Gasteiger partial charge in [0.25, 0.3) is 5.91 Å². The summed E-state index contributed by atoms with van der Waals surface area (Å²) < 4.78 is 5.36. The summed E-state index contributed by atoms with van der Waals surface area (Å²) in [4.78, 5) is 15.5. The Hall–Kier alpha value is -1.00. The lowest BCUT2D eigenvalue weighted by atomic mass is 10.1. The second-order valence-electron chi connectivity index (χ2n) is 4.45. The summed E-state index contributed by atoms with van der Waals surface area (Å²) >= 11 is 1.62. The van der Waals surface area contributed by atoms with Crippen LogP contribution in [0.5, 0.6) is 0 Å². The molecule has 0 radical (unpaired) electrons. The van der Waals surface area contributed by atoms with Crippen LogP contribution in [-0.2, 0) is 4.74 Å². The number of carbonyl (C=O) groups is 1. The highest BCUT2D eigenvalue weighted by atomic mass is 32.2. The Bertz CT molecular complexity index is 422. The van der Waals surface area contributed by atoms with Crippen molar-refractivity contribution in [3.63, 3.8) is 0 Å². The van der Waals surface area contributed by atoms with E-state index in [2.05, 4.69) is 0 Å². The van der Waals surface area contributed by atoms with Crippen LogP contribution >= 0.6 is 11.8 Å². The Balaban J connectivity index is 2.15. The maximum atomic E-state index is 12.5. The molecule has 98 valence electrons. The van der Waals surface area contributed by atoms with Gasteiger partial charge < -0.3 is 9.64 Å². The summed E-state index contributed by atoms with van der Waals surface area (Å²) in [6, 6.07) is 7.79. The van der Waals surface area contributed by atoms with E-state index in [4.69, 9.17) is 4.74 Å². The van der Waals surface area contributed by atoms with Crippen molar-refractivity contribution in [1.82, 2.24) is 4.90 Å². The molecule has 1 aliphatic rings. The predicted octanol–water partition coefficient (Wildman–Crippen LogP) is 2.66. The number of nitrogens with zero attached hydrogens (tertiary/aromatic N) is 1. The Morgan fingerprint density at radius 1 is 1.44 bits per heavy atom. The van der Waals surface area contributed by atoms with Crippen molar-refractivity contribution < 1.29 is 9.53 Å². The topological polar surface area (TPSA) is 29.5 Å². The molecule has 2 rings (SSSR count). The van der Waals surface area contributed by atoms with E-state index in [0.717, 1.165) is 29.8 Å². The van der Waals surface area contributed by atoms with Gasteiger partial charge in [0.05, 0.1) is 11.7 Å². The minimum Gasteiger partial charge on any atom is -0.380 e. The van der Waals surface area contributed by atoms with Gasteiger partial charge in [0.1, 0.15) is 0 Å². The number of likely N-dealkylation sites (tertiary alicyclic amines) is 1. The number of rotatable bonds is 3. The highest BCUT2D eigenvalue weighted by molar-refractivity contribution is 7.98. The van der Waals surface area contributed by atoms with Crippen molar-refractivity contribution in [2.45, 2.75) is 23.8 Å². The van der Waals surface area contributed by atoms with Gasteiger partial charge in [0, 0.05) is 25.1 Å². The zero-order valence-electron chi connectivity index (χ0n) is 10.9. The van der Waals surface area contributed by atoms with Crippen molar-refractivity contribution >= 4 is 17.7 Å². The van der Waals surface area contributed by atoms with E-state index in [1.165, 1.54) is 0 Å². The Morgan fingerprint density at radius 3 is 2.94 bits per heavy atom. The molecule has 4 heteroatoms. The number of thioether (sulfide) groups is 1. The number of piperidine rings is 1. The smallest absolute Gasteiger partial charge is 0.255 e. The largest absolute Gasteiger partial charge is 0.380 e. The predicted molar refractivity (Wildman–Crippen MR) is 74.2 cm³/mol. The van der Waals surface area contributed by atoms with Gasteiger partial charge >= 0.3 is 0 Å². The average Bonchev–Trinajstić information content (AvgIpc) is 2.46. The van der Waals surface area contributed by atoms with E-state index in [9.17, 15) is 4.79 Å². The molecule has 1 aromatic rings. The molecule has 1 fully saturated rings. The molecule has 3 nitrogen and oxygen atoms in total. The first-order chi connectivity index (χ1) is 8.76. The molecule has 1 saturated heterocycles. The minimum absolute atomic E-state index is 0.127. The number of carbonyl (C=O) groups excluding carboxylic acids is 1. The van der Waals surface area contributed by atoms with Crippen molar-refractivity contribution in [2.75, 3.05) is 26.5 Å². The molecular formula is C14H19NO2S. The van der Waals surface area contributed by atoms with Gasteiger partial charge in [-0.15, -0.1) is 11.8 Å². The summed E-state index contributed by atoms with van der Waals surface area (Å²) in [5.74, 6) is 0.127. The first-order valence-corrected chi connectivity index (χ1v) is 7.44. The highest BCUT2D eigenvalue weighted by Gasteiger charge is 2.25. The molecule has 0 spiro atoms. The number of benzene rings is 1. The summed E-state index contributed by atoms with van der Waals surface area (Å²) in [7, 11) is 1.72. The molecule has 0 aromatic heterocycles.